The second-order valence-electron chi connectivity index (χ2n) is 4.87. The minimum atomic E-state index is 0.573. The van der Waals surface area contributed by atoms with Gasteiger partial charge in [-0.3, -0.25) is 0 Å². The molecule has 0 bridgehead atoms. The third kappa shape index (κ3) is 2.38. The van der Waals surface area contributed by atoms with E-state index < -0.39 is 0 Å². The van der Waals surface area contributed by atoms with Crippen LogP contribution in [-0.2, 0) is 6.54 Å². The molecule has 1 aromatic heterocycles. The number of thiophene rings is 1. The minimum absolute atomic E-state index is 0.573. The Morgan fingerprint density at radius 3 is 2.79 bits per heavy atom. The van der Waals surface area contributed by atoms with Crippen LogP contribution >= 0.6 is 27.3 Å². The summed E-state index contributed by atoms with van der Waals surface area (Å²) in [7, 11) is 0. The van der Waals surface area contributed by atoms with Crippen LogP contribution in [0.3, 0.4) is 0 Å². The fourth-order valence-electron chi connectivity index (χ4n) is 2.12. The predicted octanol–water partition coefficient (Wildman–Crippen LogP) is 3.79. The lowest BCUT2D eigenvalue weighted by Gasteiger charge is -2.43. The van der Waals surface area contributed by atoms with Crippen LogP contribution in [-0.4, -0.2) is 6.04 Å². The van der Waals surface area contributed by atoms with Crippen molar-refractivity contribution >= 4 is 27.3 Å². The van der Waals surface area contributed by atoms with Crippen molar-refractivity contribution in [3.8, 4) is 0 Å². The third-order valence-electron chi connectivity index (χ3n) is 2.87. The van der Waals surface area contributed by atoms with Crippen molar-refractivity contribution in [1.82, 2.24) is 5.32 Å². The maximum absolute atomic E-state index is 3.59. The monoisotopic (exact) mass is 273 g/mol. The molecule has 78 valence electrons. The molecule has 1 N–H and O–H groups in total. The number of rotatable bonds is 3. The molecule has 1 saturated carbocycles. The Morgan fingerprint density at radius 1 is 1.57 bits per heavy atom. The zero-order chi connectivity index (χ0) is 10.2. The first kappa shape index (κ1) is 10.7. The van der Waals surface area contributed by atoms with E-state index in [0.717, 1.165) is 12.6 Å². The molecule has 1 fully saturated rings. The van der Waals surface area contributed by atoms with Gasteiger partial charge in [-0.2, -0.15) is 0 Å². The molecule has 0 amide bonds. The highest BCUT2D eigenvalue weighted by atomic mass is 79.9. The summed E-state index contributed by atoms with van der Waals surface area (Å²) < 4.78 is 1.27. The van der Waals surface area contributed by atoms with Crippen molar-refractivity contribution in [1.29, 1.82) is 0 Å². The van der Waals surface area contributed by atoms with Crippen LogP contribution in [0.5, 0.6) is 0 Å². The van der Waals surface area contributed by atoms with Crippen molar-refractivity contribution in [2.45, 2.75) is 39.3 Å². The second-order valence-corrected chi connectivity index (χ2v) is 7.10. The maximum atomic E-state index is 3.59. The third-order valence-corrected chi connectivity index (χ3v) is 4.68. The van der Waals surface area contributed by atoms with Crippen molar-refractivity contribution in [3.63, 3.8) is 0 Å². The smallest absolute Gasteiger partial charge is 0.0743 e. The quantitative estimate of drug-likeness (QED) is 0.884. The Morgan fingerprint density at radius 2 is 2.29 bits per heavy atom. The Kier molecular flexibility index (Phi) is 3.01. The molecule has 3 heteroatoms. The SMILES string of the molecule is CC1(C)CC(NCc2ccsc2Br)C1. The highest BCUT2D eigenvalue weighted by Gasteiger charge is 2.35. The maximum Gasteiger partial charge on any atom is 0.0743 e. The first-order valence-electron chi connectivity index (χ1n) is 5.02. The summed E-state index contributed by atoms with van der Waals surface area (Å²) in [5.41, 5.74) is 1.96. The van der Waals surface area contributed by atoms with Gasteiger partial charge in [-0.05, 0) is 51.2 Å². The molecule has 0 radical (unpaired) electrons. The van der Waals surface area contributed by atoms with E-state index in [2.05, 4.69) is 46.5 Å². The van der Waals surface area contributed by atoms with Crippen LogP contribution in [0, 0.1) is 5.41 Å². The number of nitrogens with one attached hydrogen (secondary N) is 1. The zero-order valence-corrected chi connectivity index (χ0v) is 11.0. The van der Waals surface area contributed by atoms with Crippen LogP contribution in [0.2, 0.25) is 0 Å². The minimum Gasteiger partial charge on any atom is -0.310 e. The summed E-state index contributed by atoms with van der Waals surface area (Å²) in [6, 6.07) is 2.92. The second kappa shape index (κ2) is 3.95. The molecule has 0 aromatic carbocycles. The first-order valence-corrected chi connectivity index (χ1v) is 6.69. The van der Waals surface area contributed by atoms with Crippen LogP contribution in [0.1, 0.15) is 32.3 Å². The fourth-order valence-corrected chi connectivity index (χ4v) is 3.36. The Bertz CT molecular complexity index is 311. The van der Waals surface area contributed by atoms with Gasteiger partial charge >= 0.3 is 0 Å². The highest BCUT2D eigenvalue weighted by Crippen LogP contribution is 2.40. The lowest BCUT2D eigenvalue weighted by molar-refractivity contribution is 0.125. The van der Waals surface area contributed by atoms with E-state index in [1.54, 1.807) is 11.3 Å². The average molecular weight is 274 g/mol. The van der Waals surface area contributed by atoms with E-state index in [1.807, 2.05) is 0 Å². The van der Waals surface area contributed by atoms with Gasteiger partial charge in [0.15, 0.2) is 0 Å². The molecule has 0 aliphatic heterocycles. The molecule has 2 rings (SSSR count). The van der Waals surface area contributed by atoms with E-state index in [1.165, 1.54) is 22.2 Å². The average Bonchev–Trinajstić information content (AvgIpc) is 2.44. The number of hydrogen-bond donors (Lipinski definition) is 1. The molecular formula is C11H16BrNS. The van der Waals surface area contributed by atoms with Crippen molar-refractivity contribution < 1.29 is 0 Å². The first-order chi connectivity index (χ1) is 6.57. The highest BCUT2D eigenvalue weighted by molar-refractivity contribution is 9.11. The van der Waals surface area contributed by atoms with Gasteiger partial charge in [0.1, 0.15) is 0 Å². The Hall–Kier alpha value is 0.140. The summed E-state index contributed by atoms with van der Waals surface area (Å²) in [6.45, 7) is 5.68. The predicted molar refractivity (Wildman–Crippen MR) is 65.7 cm³/mol. The number of halogens is 1. The van der Waals surface area contributed by atoms with E-state index >= 15 is 0 Å². The van der Waals surface area contributed by atoms with E-state index in [-0.39, 0.29) is 0 Å². The van der Waals surface area contributed by atoms with Gasteiger partial charge in [0.25, 0.3) is 0 Å². The van der Waals surface area contributed by atoms with Crippen LogP contribution < -0.4 is 5.32 Å². The number of hydrogen-bond acceptors (Lipinski definition) is 2. The molecular weight excluding hydrogens is 258 g/mol. The standard InChI is InChI=1S/C11H16BrNS/c1-11(2)5-9(6-11)13-7-8-3-4-14-10(8)12/h3-4,9,13H,5-7H2,1-2H3. The molecule has 1 heterocycles. The van der Waals surface area contributed by atoms with Gasteiger partial charge in [0, 0.05) is 12.6 Å². The summed E-state index contributed by atoms with van der Waals surface area (Å²) in [5.74, 6) is 0. The Balaban J connectivity index is 1.77. The van der Waals surface area contributed by atoms with Gasteiger partial charge in [-0.25, -0.2) is 0 Å². The van der Waals surface area contributed by atoms with Crippen molar-refractivity contribution in [2.24, 2.45) is 5.41 Å². The topological polar surface area (TPSA) is 12.0 Å². The molecule has 0 unspecified atom stereocenters. The van der Waals surface area contributed by atoms with Gasteiger partial charge < -0.3 is 5.32 Å². The van der Waals surface area contributed by atoms with Crippen molar-refractivity contribution in [2.75, 3.05) is 0 Å². The van der Waals surface area contributed by atoms with Gasteiger partial charge in [-0.1, -0.05) is 13.8 Å². The van der Waals surface area contributed by atoms with E-state index in [0.29, 0.717) is 5.41 Å². The lowest BCUT2D eigenvalue weighted by atomic mass is 9.68. The van der Waals surface area contributed by atoms with Crippen LogP contribution in [0.25, 0.3) is 0 Å². The molecule has 0 spiro atoms. The van der Waals surface area contributed by atoms with Crippen LogP contribution in [0.15, 0.2) is 15.2 Å². The van der Waals surface area contributed by atoms with Crippen molar-refractivity contribution in [3.05, 3.63) is 20.8 Å². The normalized spacial score (nSPS) is 20.8. The summed E-state index contributed by atoms with van der Waals surface area (Å²) in [5, 5.41) is 5.73. The largest absolute Gasteiger partial charge is 0.310 e. The van der Waals surface area contributed by atoms with Gasteiger partial charge in [-0.15, -0.1) is 11.3 Å². The molecule has 0 saturated heterocycles. The molecule has 14 heavy (non-hydrogen) atoms. The van der Waals surface area contributed by atoms with Gasteiger partial charge in [0.05, 0.1) is 3.79 Å². The lowest BCUT2D eigenvalue weighted by Crippen LogP contribution is -2.45. The molecule has 1 aliphatic rings. The van der Waals surface area contributed by atoms with E-state index in [4.69, 9.17) is 0 Å². The Labute approximate surface area is 98.0 Å². The van der Waals surface area contributed by atoms with Gasteiger partial charge in [0.2, 0.25) is 0 Å². The van der Waals surface area contributed by atoms with E-state index in [9.17, 15) is 0 Å². The van der Waals surface area contributed by atoms with Crippen LogP contribution in [0.4, 0.5) is 0 Å². The summed E-state index contributed by atoms with van der Waals surface area (Å²) in [4.78, 5) is 0. The zero-order valence-electron chi connectivity index (χ0n) is 8.64. The summed E-state index contributed by atoms with van der Waals surface area (Å²) >= 11 is 5.32. The fraction of sp³-hybridized carbons (Fsp3) is 0.636. The molecule has 1 aliphatic carbocycles. The molecule has 0 atom stereocenters. The summed E-state index contributed by atoms with van der Waals surface area (Å²) in [6.07, 6.45) is 2.63. The molecule has 1 aromatic rings. The molecule has 1 nitrogen and oxygen atoms in total.